The molecule has 1 fully saturated rings. The lowest BCUT2D eigenvalue weighted by Gasteiger charge is -2.28. The number of benzene rings is 2. The van der Waals surface area contributed by atoms with Crippen molar-refractivity contribution in [1.29, 1.82) is 0 Å². The number of carbonyl (C=O) groups excluding carboxylic acids is 2. The standard InChI is InChI=1S/C27H37N3O3/c1-27(2,3)22-12-10-20(11-13-22)26(32)28-15-14-25(31)29-19-24(30-16-5-6-17-30)21-8-7-9-23(18-21)33-4/h7-13,18,24H,5-6,14-17,19H2,1-4H3,(H,28,32)(H,29,31). The van der Waals surface area contributed by atoms with Crippen LogP contribution in [-0.4, -0.2) is 50.0 Å². The van der Waals surface area contributed by atoms with Gasteiger partial charge < -0.3 is 15.4 Å². The molecule has 1 aliphatic heterocycles. The topological polar surface area (TPSA) is 70.7 Å². The average Bonchev–Trinajstić information content (AvgIpc) is 3.33. The molecule has 0 bridgehead atoms. The van der Waals surface area contributed by atoms with E-state index in [2.05, 4.69) is 42.4 Å². The van der Waals surface area contributed by atoms with Crippen LogP contribution in [0.25, 0.3) is 0 Å². The zero-order chi connectivity index (χ0) is 23.8. The molecule has 1 heterocycles. The van der Waals surface area contributed by atoms with Gasteiger partial charge in [-0.3, -0.25) is 14.5 Å². The fourth-order valence-corrected chi connectivity index (χ4v) is 4.17. The van der Waals surface area contributed by atoms with Crippen LogP contribution in [0.2, 0.25) is 0 Å². The number of amides is 2. The highest BCUT2D eigenvalue weighted by Crippen LogP contribution is 2.27. The van der Waals surface area contributed by atoms with E-state index in [1.54, 1.807) is 7.11 Å². The summed E-state index contributed by atoms with van der Waals surface area (Å²) < 4.78 is 5.38. The SMILES string of the molecule is COc1cccc(C(CNC(=O)CCNC(=O)c2ccc(C(C)(C)C)cc2)N2CCCC2)c1. The molecule has 6 heteroatoms. The zero-order valence-electron chi connectivity index (χ0n) is 20.3. The van der Waals surface area contributed by atoms with Gasteiger partial charge in [-0.2, -0.15) is 0 Å². The smallest absolute Gasteiger partial charge is 0.251 e. The molecule has 0 radical (unpaired) electrons. The van der Waals surface area contributed by atoms with Gasteiger partial charge >= 0.3 is 0 Å². The Hall–Kier alpha value is -2.86. The molecule has 0 saturated carbocycles. The lowest BCUT2D eigenvalue weighted by atomic mass is 9.87. The normalized spacial score (nSPS) is 15.2. The Kier molecular flexibility index (Phi) is 8.50. The molecule has 33 heavy (non-hydrogen) atoms. The first-order valence-corrected chi connectivity index (χ1v) is 11.8. The lowest BCUT2D eigenvalue weighted by molar-refractivity contribution is -0.121. The van der Waals surface area contributed by atoms with Gasteiger partial charge in [0.25, 0.3) is 5.91 Å². The maximum atomic E-state index is 12.5. The van der Waals surface area contributed by atoms with Crippen molar-refractivity contribution < 1.29 is 14.3 Å². The van der Waals surface area contributed by atoms with Crippen molar-refractivity contribution in [2.24, 2.45) is 0 Å². The molecule has 2 amide bonds. The average molecular weight is 452 g/mol. The monoisotopic (exact) mass is 451 g/mol. The van der Waals surface area contributed by atoms with Crippen molar-refractivity contribution in [2.45, 2.75) is 51.5 Å². The number of likely N-dealkylation sites (tertiary alicyclic amines) is 1. The molecule has 0 aliphatic carbocycles. The van der Waals surface area contributed by atoms with Crippen LogP contribution in [-0.2, 0) is 10.2 Å². The van der Waals surface area contributed by atoms with Crippen LogP contribution in [0.5, 0.6) is 5.75 Å². The minimum atomic E-state index is -0.158. The van der Waals surface area contributed by atoms with Gasteiger partial charge in [-0.15, -0.1) is 0 Å². The van der Waals surface area contributed by atoms with Gasteiger partial charge in [-0.05, 0) is 66.7 Å². The summed E-state index contributed by atoms with van der Waals surface area (Å²) in [5.74, 6) is 0.598. The number of ether oxygens (including phenoxy) is 1. The molecule has 1 unspecified atom stereocenters. The van der Waals surface area contributed by atoms with Gasteiger partial charge in [0.1, 0.15) is 5.75 Å². The molecule has 1 aliphatic rings. The predicted molar refractivity (Wildman–Crippen MR) is 132 cm³/mol. The Balaban J connectivity index is 1.49. The molecule has 3 rings (SSSR count). The van der Waals surface area contributed by atoms with Crippen LogP contribution in [0.1, 0.15) is 67.6 Å². The second-order valence-corrected chi connectivity index (χ2v) is 9.67. The van der Waals surface area contributed by atoms with Gasteiger partial charge in [0, 0.05) is 25.1 Å². The van der Waals surface area contributed by atoms with Crippen molar-refractivity contribution in [3.05, 3.63) is 65.2 Å². The van der Waals surface area contributed by atoms with Crippen molar-refractivity contribution in [3.63, 3.8) is 0 Å². The summed E-state index contributed by atoms with van der Waals surface area (Å²) in [5.41, 5.74) is 2.98. The lowest BCUT2D eigenvalue weighted by Crippen LogP contribution is -2.38. The fourth-order valence-electron chi connectivity index (χ4n) is 4.17. The van der Waals surface area contributed by atoms with Crippen LogP contribution >= 0.6 is 0 Å². The van der Waals surface area contributed by atoms with E-state index in [9.17, 15) is 9.59 Å². The number of nitrogens with zero attached hydrogens (tertiary/aromatic N) is 1. The van der Waals surface area contributed by atoms with E-state index in [1.807, 2.05) is 42.5 Å². The second-order valence-electron chi connectivity index (χ2n) is 9.67. The van der Waals surface area contributed by atoms with Crippen LogP contribution in [0, 0.1) is 0 Å². The summed E-state index contributed by atoms with van der Waals surface area (Å²) in [6.07, 6.45) is 2.60. The quantitative estimate of drug-likeness (QED) is 0.603. The molecule has 6 nitrogen and oxygen atoms in total. The molecule has 178 valence electrons. The summed E-state index contributed by atoms with van der Waals surface area (Å²) in [4.78, 5) is 27.3. The molecular weight excluding hydrogens is 414 g/mol. The highest BCUT2D eigenvalue weighted by atomic mass is 16.5. The van der Waals surface area contributed by atoms with Gasteiger partial charge in [0.15, 0.2) is 0 Å². The van der Waals surface area contributed by atoms with E-state index in [1.165, 1.54) is 18.4 Å². The third-order valence-corrected chi connectivity index (χ3v) is 6.20. The number of methoxy groups -OCH3 is 1. The fraction of sp³-hybridized carbons (Fsp3) is 0.481. The van der Waals surface area contributed by atoms with E-state index < -0.39 is 0 Å². The molecular formula is C27H37N3O3. The second kappa shape index (κ2) is 11.3. The third kappa shape index (κ3) is 7.06. The summed E-state index contributed by atoms with van der Waals surface area (Å²) in [5, 5.41) is 5.91. The first-order chi connectivity index (χ1) is 15.8. The Morgan fingerprint density at radius 1 is 1.03 bits per heavy atom. The van der Waals surface area contributed by atoms with Crippen LogP contribution < -0.4 is 15.4 Å². The maximum Gasteiger partial charge on any atom is 0.251 e. The first-order valence-electron chi connectivity index (χ1n) is 11.8. The Morgan fingerprint density at radius 3 is 2.36 bits per heavy atom. The maximum absolute atomic E-state index is 12.5. The molecule has 0 spiro atoms. The summed E-state index contributed by atoms with van der Waals surface area (Å²) in [6, 6.07) is 15.8. The number of rotatable bonds is 9. The van der Waals surface area contributed by atoms with Crippen molar-refractivity contribution in [1.82, 2.24) is 15.5 Å². The van der Waals surface area contributed by atoms with Gasteiger partial charge in [0.05, 0.1) is 13.2 Å². The summed E-state index contributed by atoms with van der Waals surface area (Å²) in [7, 11) is 1.67. The highest BCUT2D eigenvalue weighted by molar-refractivity contribution is 5.94. The van der Waals surface area contributed by atoms with Crippen LogP contribution in [0.4, 0.5) is 0 Å². The van der Waals surface area contributed by atoms with Crippen molar-refractivity contribution in [3.8, 4) is 5.75 Å². The Labute approximate surface area is 197 Å². The molecule has 2 N–H and O–H groups in total. The predicted octanol–water partition coefficient (Wildman–Crippen LogP) is 4.07. The van der Waals surface area contributed by atoms with Crippen molar-refractivity contribution in [2.75, 3.05) is 33.3 Å². The van der Waals surface area contributed by atoms with Crippen molar-refractivity contribution >= 4 is 11.8 Å². The first kappa shape index (κ1) is 24.8. The molecule has 1 saturated heterocycles. The highest BCUT2D eigenvalue weighted by Gasteiger charge is 2.24. The Morgan fingerprint density at radius 2 is 1.73 bits per heavy atom. The molecule has 1 atom stereocenters. The van der Waals surface area contributed by atoms with E-state index in [0.29, 0.717) is 18.7 Å². The molecule has 0 aromatic heterocycles. The molecule has 2 aromatic rings. The molecule has 2 aromatic carbocycles. The van der Waals surface area contributed by atoms with E-state index in [-0.39, 0.29) is 29.7 Å². The van der Waals surface area contributed by atoms with Crippen LogP contribution in [0.15, 0.2) is 48.5 Å². The van der Waals surface area contributed by atoms with Crippen LogP contribution in [0.3, 0.4) is 0 Å². The summed E-state index contributed by atoms with van der Waals surface area (Å²) >= 11 is 0. The largest absolute Gasteiger partial charge is 0.497 e. The number of carbonyl (C=O) groups is 2. The number of hydrogen-bond acceptors (Lipinski definition) is 4. The van der Waals surface area contributed by atoms with Gasteiger partial charge in [0.2, 0.25) is 5.91 Å². The van der Waals surface area contributed by atoms with Gasteiger partial charge in [-0.1, -0.05) is 45.0 Å². The minimum absolute atomic E-state index is 0.0465. The van der Waals surface area contributed by atoms with E-state index in [0.717, 1.165) is 24.4 Å². The minimum Gasteiger partial charge on any atom is -0.497 e. The number of hydrogen-bond donors (Lipinski definition) is 2. The van der Waals surface area contributed by atoms with Gasteiger partial charge in [-0.25, -0.2) is 0 Å². The summed E-state index contributed by atoms with van der Waals surface area (Å²) in [6.45, 7) is 9.33. The third-order valence-electron chi connectivity index (χ3n) is 6.20. The van der Waals surface area contributed by atoms with E-state index in [4.69, 9.17) is 4.74 Å². The number of nitrogens with one attached hydrogen (secondary N) is 2. The van der Waals surface area contributed by atoms with E-state index >= 15 is 0 Å². The Bertz CT molecular complexity index is 928. The zero-order valence-corrected chi connectivity index (χ0v) is 20.3.